The van der Waals surface area contributed by atoms with Crippen molar-refractivity contribution in [2.24, 2.45) is 0 Å². The lowest BCUT2D eigenvalue weighted by Crippen LogP contribution is -2.42. The first-order chi connectivity index (χ1) is 18.5. The number of hydrogen-bond acceptors (Lipinski definition) is 6. The average Bonchev–Trinajstić information content (AvgIpc) is 2.96. The third-order valence-corrected chi connectivity index (χ3v) is 7.41. The third kappa shape index (κ3) is 4.60. The van der Waals surface area contributed by atoms with Crippen LogP contribution in [-0.2, 0) is 9.59 Å². The van der Waals surface area contributed by atoms with Crippen LogP contribution in [0.1, 0.15) is 42.2 Å². The van der Waals surface area contributed by atoms with Crippen LogP contribution in [0.25, 0.3) is 0 Å². The topological polar surface area (TPSA) is 74.3 Å². The van der Waals surface area contributed by atoms with E-state index >= 15 is 0 Å². The van der Waals surface area contributed by atoms with Crippen molar-refractivity contribution >= 4 is 17.4 Å². The van der Waals surface area contributed by atoms with Gasteiger partial charge in [0.25, 0.3) is 0 Å². The molecule has 2 aliphatic rings. The number of hydrogen-bond donors (Lipinski definition) is 0. The second-order valence-electron chi connectivity index (χ2n) is 9.46. The Bertz CT molecular complexity index is 1370. The fourth-order valence-electron chi connectivity index (χ4n) is 5.60. The molecule has 5 rings (SSSR count). The van der Waals surface area contributed by atoms with Crippen LogP contribution >= 0.6 is 0 Å². The van der Waals surface area contributed by atoms with E-state index in [1.807, 2.05) is 48.5 Å². The molecule has 0 saturated heterocycles. The number of ether oxygens (including phenoxy) is 4. The molecule has 1 amide bonds. The van der Waals surface area contributed by atoms with Crippen molar-refractivity contribution in [3.63, 3.8) is 0 Å². The Labute approximate surface area is 222 Å². The zero-order valence-corrected chi connectivity index (χ0v) is 22.0. The number of amides is 1. The number of allylic oxidation sites excluding steroid dienone is 2. The van der Waals surface area contributed by atoms with Gasteiger partial charge in [-0.3, -0.25) is 14.5 Å². The van der Waals surface area contributed by atoms with Crippen molar-refractivity contribution in [3.8, 4) is 23.0 Å². The van der Waals surface area contributed by atoms with Gasteiger partial charge < -0.3 is 18.9 Å². The van der Waals surface area contributed by atoms with Gasteiger partial charge in [0.15, 0.2) is 5.78 Å². The Morgan fingerprint density at radius 1 is 0.711 bits per heavy atom. The zero-order valence-electron chi connectivity index (χ0n) is 22.0. The highest BCUT2D eigenvalue weighted by molar-refractivity contribution is 6.08. The molecule has 7 nitrogen and oxygen atoms in total. The monoisotopic (exact) mass is 513 g/mol. The summed E-state index contributed by atoms with van der Waals surface area (Å²) >= 11 is 0. The minimum atomic E-state index is -0.449. The van der Waals surface area contributed by atoms with Crippen LogP contribution in [0.5, 0.6) is 23.0 Å². The van der Waals surface area contributed by atoms with E-state index in [-0.39, 0.29) is 24.0 Å². The van der Waals surface area contributed by atoms with Gasteiger partial charge in [0.2, 0.25) is 5.91 Å². The van der Waals surface area contributed by atoms with E-state index in [0.29, 0.717) is 52.8 Å². The zero-order chi connectivity index (χ0) is 26.8. The molecule has 3 aromatic rings. The maximum atomic E-state index is 14.0. The van der Waals surface area contributed by atoms with Crippen LogP contribution in [-0.4, -0.2) is 40.1 Å². The first-order valence-electron chi connectivity index (χ1n) is 12.6. The summed E-state index contributed by atoms with van der Waals surface area (Å²) in [5.74, 6) is 1.80. The maximum Gasteiger partial charge on any atom is 0.232 e. The molecule has 0 bridgehead atoms. The Morgan fingerprint density at radius 2 is 1.39 bits per heavy atom. The van der Waals surface area contributed by atoms with Gasteiger partial charge in [0, 0.05) is 53.8 Å². The Kier molecular flexibility index (Phi) is 7.09. The number of methoxy groups -OCH3 is 4. The van der Waals surface area contributed by atoms with E-state index in [1.54, 1.807) is 51.5 Å². The number of carbonyl (C=O) groups is 2. The van der Waals surface area contributed by atoms with Crippen molar-refractivity contribution in [1.82, 2.24) is 0 Å². The Hall–Kier alpha value is -4.26. The van der Waals surface area contributed by atoms with Crippen LogP contribution in [0.4, 0.5) is 5.69 Å². The van der Waals surface area contributed by atoms with Gasteiger partial charge in [-0.1, -0.05) is 30.3 Å². The van der Waals surface area contributed by atoms with Gasteiger partial charge in [0.1, 0.15) is 23.0 Å². The molecule has 2 atom stereocenters. The second kappa shape index (κ2) is 10.6. The smallest absolute Gasteiger partial charge is 0.232 e. The maximum absolute atomic E-state index is 14.0. The van der Waals surface area contributed by atoms with Crippen molar-refractivity contribution in [3.05, 3.63) is 89.1 Å². The molecule has 2 unspecified atom stereocenters. The lowest BCUT2D eigenvalue weighted by Gasteiger charge is -2.41. The predicted octanol–water partition coefficient (Wildman–Crippen LogP) is 5.64. The van der Waals surface area contributed by atoms with Crippen LogP contribution in [0.2, 0.25) is 0 Å². The normalized spacial score (nSPS) is 19.2. The Morgan fingerprint density at radius 3 is 2.03 bits per heavy atom. The summed E-state index contributed by atoms with van der Waals surface area (Å²) in [5.41, 5.74) is 3.80. The highest BCUT2D eigenvalue weighted by Gasteiger charge is 2.43. The van der Waals surface area contributed by atoms with E-state index in [2.05, 4.69) is 0 Å². The number of Topliss-reactive ketones (excluding diaryl/α,β-unsaturated/α-hetero) is 1. The third-order valence-electron chi connectivity index (χ3n) is 7.41. The molecule has 0 aromatic heterocycles. The van der Waals surface area contributed by atoms with E-state index in [1.165, 1.54) is 0 Å². The van der Waals surface area contributed by atoms with Gasteiger partial charge in [-0.15, -0.1) is 0 Å². The molecule has 196 valence electrons. The molecule has 0 N–H and O–H groups in total. The van der Waals surface area contributed by atoms with Crippen molar-refractivity contribution in [2.75, 3.05) is 33.3 Å². The molecule has 3 aromatic carbocycles. The lowest BCUT2D eigenvalue weighted by molar-refractivity contribution is -0.120. The molecule has 38 heavy (non-hydrogen) atoms. The predicted molar refractivity (Wildman–Crippen MR) is 144 cm³/mol. The number of ketones is 1. The molecule has 0 spiro atoms. The standard InChI is InChI=1S/C31H31NO6/c1-35-22-10-11-29(38-4)25(17-22)26-18-30(34)32(21-14-23(36-2)16-24(15-21)37-3)27-12-20(13-28(33)31(26)27)19-8-6-5-7-9-19/h5-11,14-17,20,26H,12-13,18H2,1-4H3. The molecule has 7 heteroatoms. The van der Waals surface area contributed by atoms with Crippen LogP contribution in [0, 0.1) is 0 Å². The molecule has 1 heterocycles. The van der Waals surface area contributed by atoms with Gasteiger partial charge >= 0.3 is 0 Å². The minimum absolute atomic E-state index is 0.0299. The largest absolute Gasteiger partial charge is 0.497 e. The quantitative estimate of drug-likeness (QED) is 0.407. The Balaban J connectivity index is 1.71. The van der Waals surface area contributed by atoms with E-state index in [0.717, 1.165) is 11.1 Å². The fraction of sp³-hybridized carbons (Fsp3) is 0.290. The van der Waals surface area contributed by atoms with Crippen molar-refractivity contribution in [1.29, 1.82) is 0 Å². The lowest BCUT2D eigenvalue weighted by atomic mass is 9.72. The first kappa shape index (κ1) is 25.4. The number of nitrogens with zero attached hydrogens (tertiary/aromatic N) is 1. The summed E-state index contributed by atoms with van der Waals surface area (Å²) in [5, 5.41) is 0. The number of anilines is 1. The van der Waals surface area contributed by atoms with E-state index in [9.17, 15) is 9.59 Å². The van der Waals surface area contributed by atoms with Crippen LogP contribution in [0.15, 0.2) is 78.0 Å². The van der Waals surface area contributed by atoms with Crippen LogP contribution in [0.3, 0.4) is 0 Å². The van der Waals surface area contributed by atoms with E-state index < -0.39 is 5.92 Å². The van der Waals surface area contributed by atoms with Crippen LogP contribution < -0.4 is 23.8 Å². The molecule has 1 aliphatic heterocycles. The summed E-state index contributed by atoms with van der Waals surface area (Å²) in [7, 11) is 6.33. The summed E-state index contributed by atoms with van der Waals surface area (Å²) in [6.45, 7) is 0. The SMILES string of the molecule is COc1cc(OC)cc(N2C(=O)CC(c3cc(OC)ccc3OC)C3=C2CC(c2ccccc2)CC3=O)c1. The summed E-state index contributed by atoms with van der Waals surface area (Å²) < 4.78 is 22.1. The summed E-state index contributed by atoms with van der Waals surface area (Å²) in [6, 6.07) is 20.8. The summed E-state index contributed by atoms with van der Waals surface area (Å²) in [4.78, 5) is 29.6. The molecule has 1 aliphatic carbocycles. The van der Waals surface area contributed by atoms with Crippen molar-refractivity contribution in [2.45, 2.75) is 31.1 Å². The van der Waals surface area contributed by atoms with Gasteiger partial charge in [-0.25, -0.2) is 0 Å². The number of carbonyl (C=O) groups excluding carboxylic acids is 2. The molecular weight excluding hydrogens is 482 g/mol. The first-order valence-corrected chi connectivity index (χ1v) is 12.6. The molecule has 0 saturated carbocycles. The van der Waals surface area contributed by atoms with Gasteiger partial charge in [-0.2, -0.15) is 0 Å². The van der Waals surface area contributed by atoms with E-state index in [4.69, 9.17) is 18.9 Å². The minimum Gasteiger partial charge on any atom is -0.497 e. The fourth-order valence-corrected chi connectivity index (χ4v) is 5.60. The summed E-state index contributed by atoms with van der Waals surface area (Å²) in [6.07, 6.45) is 1.03. The molecular formula is C31H31NO6. The molecule has 0 radical (unpaired) electrons. The second-order valence-corrected chi connectivity index (χ2v) is 9.46. The molecule has 0 fully saturated rings. The highest BCUT2D eigenvalue weighted by atomic mass is 16.5. The number of benzene rings is 3. The number of rotatable bonds is 7. The van der Waals surface area contributed by atoms with Crippen molar-refractivity contribution < 1.29 is 28.5 Å². The van der Waals surface area contributed by atoms with Gasteiger partial charge in [0.05, 0.1) is 34.1 Å². The van der Waals surface area contributed by atoms with Gasteiger partial charge in [-0.05, 0) is 36.1 Å². The average molecular weight is 514 g/mol. The highest BCUT2D eigenvalue weighted by Crippen LogP contribution is 2.49.